The monoisotopic (exact) mass is 398 g/mol. The van der Waals surface area contributed by atoms with Gasteiger partial charge in [-0.05, 0) is 36.4 Å². The summed E-state index contributed by atoms with van der Waals surface area (Å²) >= 11 is 6.38. The van der Waals surface area contributed by atoms with Gasteiger partial charge in [-0.25, -0.2) is 9.67 Å². The highest BCUT2D eigenvalue weighted by Crippen LogP contribution is 2.27. The first-order valence-corrected chi connectivity index (χ1v) is 9.28. The van der Waals surface area contributed by atoms with Gasteiger partial charge in [-0.15, -0.1) is 5.10 Å². The van der Waals surface area contributed by atoms with Crippen molar-refractivity contribution in [1.29, 1.82) is 0 Å². The van der Waals surface area contributed by atoms with Crippen LogP contribution in [0.1, 0.15) is 10.6 Å². The summed E-state index contributed by atoms with van der Waals surface area (Å²) in [6, 6.07) is 14.7. The van der Waals surface area contributed by atoms with Crippen molar-refractivity contribution in [3.05, 3.63) is 59.4 Å². The molecule has 8 heteroatoms. The largest absolute Gasteiger partial charge is 0.497 e. The van der Waals surface area contributed by atoms with Crippen LogP contribution in [0.2, 0.25) is 5.02 Å². The third kappa shape index (κ3) is 3.58. The summed E-state index contributed by atoms with van der Waals surface area (Å²) in [5.74, 6) is 1.18. The predicted octanol–water partition coefficient (Wildman–Crippen LogP) is 3.07. The predicted molar refractivity (Wildman–Crippen MR) is 105 cm³/mol. The van der Waals surface area contributed by atoms with Gasteiger partial charge in [0.15, 0.2) is 5.82 Å². The zero-order chi connectivity index (χ0) is 19.5. The third-order valence-corrected chi connectivity index (χ3v) is 4.85. The van der Waals surface area contributed by atoms with Gasteiger partial charge >= 0.3 is 0 Å². The van der Waals surface area contributed by atoms with Crippen molar-refractivity contribution in [3.8, 4) is 22.8 Å². The van der Waals surface area contributed by atoms with E-state index in [-0.39, 0.29) is 11.7 Å². The highest BCUT2D eigenvalue weighted by Gasteiger charge is 2.25. The number of rotatable bonds is 4. The minimum atomic E-state index is -0.219. The Kier molecular flexibility index (Phi) is 5.27. The van der Waals surface area contributed by atoms with Gasteiger partial charge in [0.05, 0.1) is 31.0 Å². The smallest absolute Gasteiger partial charge is 0.293 e. The number of morpholine rings is 1. The van der Waals surface area contributed by atoms with Crippen molar-refractivity contribution >= 4 is 17.5 Å². The molecule has 2 aromatic carbocycles. The van der Waals surface area contributed by atoms with Crippen LogP contribution in [0.4, 0.5) is 0 Å². The van der Waals surface area contributed by atoms with Gasteiger partial charge in [0.2, 0.25) is 5.82 Å². The van der Waals surface area contributed by atoms with Crippen molar-refractivity contribution in [2.45, 2.75) is 0 Å². The summed E-state index contributed by atoms with van der Waals surface area (Å²) in [6.07, 6.45) is 0. The second-order valence-electron chi connectivity index (χ2n) is 6.26. The Balaban J connectivity index is 1.79. The molecule has 0 radical (unpaired) electrons. The minimum Gasteiger partial charge on any atom is -0.497 e. The zero-order valence-corrected chi connectivity index (χ0v) is 16.1. The first-order valence-electron chi connectivity index (χ1n) is 8.91. The Hall–Kier alpha value is -2.90. The van der Waals surface area contributed by atoms with Crippen LogP contribution in [0.15, 0.2) is 48.5 Å². The first kappa shape index (κ1) is 18.5. The number of ether oxygens (including phenoxy) is 2. The van der Waals surface area contributed by atoms with Gasteiger partial charge in [-0.2, -0.15) is 0 Å². The number of aromatic nitrogens is 3. The van der Waals surface area contributed by atoms with Crippen LogP contribution in [0.5, 0.6) is 5.75 Å². The van der Waals surface area contributed by atoms with Crippen molar-refractivity contribution < 1.29 is 14.3 Å². The summed E-state index contributed by atoms with van der Waals surface area (Å²) in [4.78, 5) is 19.1. The molecule has 1 aliphatic heterocycles. The molecule has 1 aromatic heterocycles. The van der Waals surface area contributed by atoms with E-state index in [2.05, 4.69) is 10.1 Å². The van der Waals surface area contributed by atoms with Gasteiger partial charge in [0.1, 0.15) is 5.75 Å². The summed E-state index contributed by atoms with van der Waals surface area (Å²) in [5, 5.41) is 5.01. The number of benzene rings is 2. The Morgan fingerprint density at radius 2 is 1.82 bits per heavy atom. The van der Waals surface area contributed by atoms with Gasteiger partial charge < -0.3 is 14.4 Å². The molecular formula is C20H19ClN4O3. The second kappa shape index (κ2) is 8.00. The molecule has 7 nitrogen and oxygen atoms in total. The topological polar surface area (TPSA) is 69.5 Å². The second-order valence-corrected chi connectivity index (χ2v) is 6.66. The lowest BCUT2D eigenvalue weighted by atomic mass is 10.2. The highest BCUT2D eigenvalue weighted by atomic mass is 35.5. The van der Waals surface area contributed by atoms with Crippen LogP contribution in [-0.2, 0) is 4.74 Å². The molecule has 0 aliphatic carbocycles. The van der Waals surface area contributed by atoms with Crippen LogP contribution in [0, 0.1) is 0 Å². The van der Waals surface area contributed by atoms with E-state index in [9.17, 15) is 4.79 Å². The number of halogens is 1. The fourth-order valence-electron chi connectivity index (χ4n) is 3.03. The molecular weight excluding hydrogens is 380 g/mol. The Bertz CT molecular complexity index is 981. The standard InChI is InChI=1S/C20H19ClN4O3/c1-27-15-8-6-14(7-9-15)19-22-18(20(26)24-10-12-28-13-11-24)23-25(19)17-5-3-2-4-16(17)21/h2-9H,10-13H2,1H3. The number of carbonyl (C=O) groups excluding carboxylic acids is 1. The van der Waals surface area contributed by atoms with Gasteiger partial charge in [-0.3, -0.25) is 4.79 Å². The maximum atomic E-state index is 12.9. The number of hydrogen-bond donors (Lipinski definition) is 0. The van der Waals surface area contributed by atoms with Gasteiger partial charge in [0, 0.05) is 18.7 Å². The first-order chi connectivity index (χ1) is 13.7. The molecule has 144 valence electrons. The molecule has 1 saturated heterocycles. The molecule has 28 heavy (non-hydrogen) atoms. The molecule has 0 saturated carbocycles. The summed E-state index contributed by atoms with van der Waals surface area (Å²) in [5.41, 5.74) is 1.46. The Morgan fingerprint density at radius 3 is 2.50 bits per heavy atom. The van der Waals surface area contributed by atoms with E-state index >= 15 is 0 Å². The lowest BCUT2D eigenvalue weighted by molar-refractivity contribution is 0.0295. The van der Waals surface area contributed by atoms with Crippen molar-refractivity contribution in [2.75, 3.05) is 33.4 Å². The fraction of sp³-hybridized carbons (Fsp3) is 0.250. The molecule has 0 bridgehead atoms. The number of methoxy groups -OCH3 is 1. The maximum Gasteiger partial charge on any atom is 0.293 e. The molecule has 2 heterocycles. The fourth-order valence-corrected chi connectivity index (χ4v) is 3.24. The highest BCUT2D eigenvalue weighted by molar-refractivity contribution is 6.32. The van der Waals surface area contributed by atoms with Crippen LogP contribution >= 0.6 is 11.6 Å². The SMILES string of the molecule is COc1ccc(-c2nc(C(=O)N3CCOCC3)nn2-c2ccccc2Cl)cc1. The van der Waals surface area contributed by atoms with E-state index in [1.807, 2.05) is 42.5 Å². The van der Waals surface area contributed by atoms with E-state index in [4.69, 9.17) is 21.1 Å². The number of amides is 1. The molecule has 1 aliphatic rings. The minimum absolute atomic E-state index is 0.132. The summed E-state index contributed by atoms with van der Waals surface area (Å²) in [7, 11) is 1.61. The van der Waals surface area contributed by atoms with Crippen LogP contribution in [0.25, 0.3) is 17.1 Å². The molecule has 1 fully saturated rings. The quantitative estimate of drug-likeness (QED) is 0.675. The summed E-state index contributed by atoms with van der Waals surface area (Å²) in [6.45, 7) is 2.08. The lowest BCUT2D eigenvalue weighted by Crippen LogP contribution is -2.41. The Morgan fingerprint density at radius 1 is 1.11 bits per heavy atom. The third-order valence-electron chi connectivity index (χ3n) is 4.53. The number of para-hydroxylation sites is 1. The lowest BCUT2D eigenvalue weighted by Gasteiger charge is -2.25. The normalized spacial score (nSPS) is 14.1. The van der Waals surface area contributed by atoms with E-state index in [0.29, 0.717) is 42.8 Å². The average molecular weight is 399 g/mol. The Labute approximate surface area is 167 Å². The van der Waals surface area contributed by atoms with E-state index < -0.39 is 0 Å². The van der Waals surface area contributed by atoms with E-state index in [1.54, 1.807) is 22.8 Å². The maximum absolute atomic E-state index is 12.9. The van der Waals surface area contributed by atoms with Crippen LogP contribution < -0.4 is 4.74 Å². The van der Waals surface area contributed by atoms with E-state index in [1.165, 1.54) is 0 Å². The molecule has 4 rings (SSSR count). The van der Waals surface area contributed by atoms with Crippen molar-refractivity contribution in [1.82, 2.24) is 19.7 Å². The average Bonchev–Trinajstić information content (AvgIpc) is 3.19. The number of nitrogens with zero attached hydrogens (tertiary/aromatic N) is 4. The molecule has 1 amide bonds. The molecule has 0 unspecified atom stereocenters. The number of carbonyl (C=O) groups is 1. The number of hydrogen-bond acceptors (Lipinski definition) is 5. The molecule has 0 spiro atoms. The van der Waals surface area contributed by atoms with Crippen molar-refractivity contribution in [3.63, 3.8) is 0 Å². The van der Waals surface area contributed by atoms with E-state index in [0.717, 1.165) is 11.3 Å². The van der Waals surface area contributed by atoms with Crippen LogP contribution in [0.3, 0.4) is 0 Å². The molecule has 3 aromatic rings. The zero-order valence-electron chi connectivity index (χ0n) is 15.3. The van der Waals surface area contributed by atoms with Crippen LogP contribution in [-0.4, -0.2) is 59.0 Å². The van der Waals surface area contributed by atoms with Gasteiger partial charge in [0.25, 0.3) is 5.91 Å². The van der Waals surface area contributed by atoms with Crippen molar-refractivity contribution in [2.24, 2.45) is 0 Å². The van der Waals surface area contributed by atoms with Gasteiger partial charge in [-0.1, -0.05) is 23.7 Å². The molecule has 0 N–H and O–H groups in total. The molecule has 0 atom stereocenters. The summed E-state index contributed by atoms with van der Waals surface area (Å²) < 4.78 is 12.2.